The Kier molecular flexibility index (Phi) is 6.41. The summed E-state index contributed by atoms with van der Waals surface area (Å²) in [6, 6.07) is 39.4. The van der Waals surface area contributed by atoms with Crippen LogP contribution in [0.2, 0.25) is 0 Å². The van der Waals surface area contributed by atoms with Gasteiger partial charge in [0.1, 0.15) is 0 Å². The number of halogens is 3. The molecule has 7 heteroatoms. The number of para-hydroxylation sites is 1. The lowest BCUT2D eigenvalue weighted by Crippen LogP contribution is -2.29. The molecule has 0 atom stereocenters. The molecule has 1 aromatic heterocycles. The van der Waals surface area contributed by atoms with Crippen molar-refractivity contribution in [1.82, 2.24) is 4.57 Å². The molecule has 2 amide bonds. The molecular formula is C40H25F3N2O2. The summed E-state index contributed by atoms with van der Waals surface area (Å²) in [4.78, 5) is 29.2. The standard InChI is InChI=1S/C40H25F3N2O2/c1-24-14-20-29(33(22-24)40(41,42)43)27-17-21-31-30-10-5-6-12-34(30)45(36(31)23-27)35-13-7-11-32-37(35)39(47)44(38(32)46)28-18-15-26(16-19-28)25-8-3-2-4-9-25/h2-23H,1H3. The Bertz CT molecular complexity index is 2390. The van der Waals surface area contributed by atoms with Crippen molar-refractivity contribution in [3.63, 3.8) is 0 Å². The average molecular weight is 623 g/mol. The van der Waals surface area contributed by atoms with Gasteiger partial charge in [0.05, 0.1) is 39.1 Å². The fourth-order valence-corrected chi connectivity index (χ4v) is 6.66. The van der Waals surface area contributed by atoms with Crippen molar-refractivity contribution in [2.75, 3.05) is 4.90 Å². The second kappa shape index (κ2) is 10.6. The van der Waals surface area contributed by atoms with E-state index < -0.39 is 23.6 Å². The number of hydrogen-bond acceptors (Lipinski definition) is 2. The SMILES string of the molecule is Cc1ccc(-c2ccc3c4ccccc4n(-c4cccc5c4C(=O)N(c4ccc(-c6ccccc6)cc4)C5=O)c3c2)c(C(F)(F)F)c1. The van der Waals surface area contributed by atoms with E-state index in [-0.39, 0.29) is 16.7 Å². The molecule has 0 bridgehead atoms. The number of imide groups is 1. The van der Waals surface area contributed by atoms with Crippen molar-refractivity contribution in [1.29, 1.82) is 0 Å². The van der Waals surface area contributed by atoms with Crippen molar-refractivity contribution in [2.24, 2.45) is 0 Å². The lowest BCUT2D eigenvalue weighted by molar-refractivity contribution is -0.137. The maximum Gasteiger partial charge on any atom is 0.417 e. The van der Waals surface area contributed by atoms with Crippen LogP contribution in [-0.4, -0.2) is 16.4 Å². The highest BCUT2D eigenvalue weighted by atomic mass is 19.4. The third kappa shape index (κ3) is 4.54. The van der Waals surface area contributed by atoms with E-state index in [1.807, 2.05) is 77.4 Å². The normalized spacial score (nSPS) is 13.1. The quantitative estimate of drug-likeness (QED) is 0.183. The second-order valence-electron chi connectivity index (χ2n) is 11.7. The van der Waals surface area contributed by atoms with Gasteiger partial charge in [0.15, 0.2) is 0 Å². The number of benzene rings is 6. The molecule has 2 heterocycles. The topological polar surface area (TPSA) is 42.3 Å². The summed E-state index contributed by atoms with van der Waals surface area (Å²) in [6.45, 7) is 1.63. The zero-order valence-corrected chi connectivity index (χ0v) is 25.0. The predicted molar refractivity (Wildman–Crippen MR) is 179 cm³/mol. The number of nitrogens with zero attached hydrogens (tertiary/aromatic N) is 2. The van der Waals surface area contributed by atoms with Crippen molar-refractivity contribution in [2.45, 2.75) is 13.1 Å². The highest BCUT2D eigenvalue weighted by Crippen LogP contribution is 2.42. The first-order valence-corrected chi connectivity index (χ1v) is 15.1. The maximum atomic E-state index is 14.2. The molecule has 1 aliphatic rings. The fourth-order valence-electron chi connectivity index (χ4n) is 6.66. The van der Waals surface area contributed by atoms with Crippen molar-refractivity contribution in [3.8, 4) is 27.9 Å². The molecule has 6 aromatic carbocycles. The zero-order chi connectivity index (χ0) is 32.4. The number of rotatable bonds is 4. The van der Waals surface area contributed by atoms with Crippen molar-refractivity contribution in [3.05, 3.63) is 156 Å². The van der Waals surface area contributed by atoms with Gasteiger partial charge in [-0.1, -0.05) is 96.6 Å². The molecule has 0 N–H and O–H groups in total. The predicted octanol–water partition coefficient (Wildman–Crippen LogP) is 10.2. The monoisotopic (exact) mass is 622 g/mol. The minimum atomic E-state index is -4.54. The van der Waals surface area contributed by atoms with Crippen molar-refractivity contribution >= 4 is 39.3 Å². The van der Waals surface area contributed by atoms with E-state index in [1.54, 1.807) is 55.5 Å². The lowest BCUT2D eigenvalue weighted by atomic mass is 9.96. The first-order chi connectivity index (χ1) is 22.7. The summed E-state index contributed by atoms with van der Waals surface area (Å²) in [7, 11) is 0. The summed E-state index contributed by atoms with van der Waals surface area (Å²) in [5.74, 6) is -0.900. The number of hydrogen-bond donors (Lipinski definition) is 0. The van der Waals surface area contributed by atoms with Gasteiger partial charge in [0.2, 0.25) is 0 Å². The molecule has 0 aliphatic carbocycles. The van der Waals surface area contributed by atoms with Crippen LogP contribution in [0.1, 0.15) is 31.8 Å². The van der Waals surface area contributed by atoms with Gasteiger partial charge in [-0.05, 0) is 71.6 Å². The van der Waals surface area contributed by atoms with Gasteiger partial charge in [0, 0.05) is 10.8 Å². The first kappa shape index (κ1) is 28.5. The van der Waals surface area contributed by atoms with Gasteiger partial charge in [-0.15, -0.1) is 0 Å². The van der Waals surface area contributed by atoms with Gasteiger partial charge >= 0.3 is 6.18 Å². The molecule has 8 rings (SSSR count). The summed E-state index contributed by atoms with van der Waals surface area (Å²) >= 11 is 0. The first-order valence-electron chi connectivity index (χ1n) is 15.1. The van der Waals surface area contributed by atoms with Crippen LogP contribution in [0.4, 0.5) is 18.9 Å². The highest BCUT2D eigenvalue weighted by Gasteiger charge is 2.39. The van der Waals surface area contributed by atoms with Gasteiger partial charge in [-0.2, -0.15) is 13.2 Å². The molecule has 228 valence electrons. The van der Waals surface area contributed by atoms with E-state index in [9.17, 15) is 22.8 Å². The van der Waals surface area contributed by atoms with Crippen LogP contribution in [0.25, 0.3) is 49.7 Å². The Morgan fingerprint density at radius 2 is 1.23 bits per heavy atom. The van der Waals surface area contributed by atoms with Gasteiger partial charge < -0.3 is 4.57 Å². The largest absolute Gasteiger partial charge is 0.417 e. The van der Waals surface area contributed by atoms with Crippen LogP contribution in [0, 0.1) is 6.92 Å². The number of aryl methyl sites for hydroxylation is 1. The van der Waals surface area contributed by atoms with Gasteiger partial charge in [-0.25, -0.2) is 4.90 Å². The third-order valence-electron chi connectivity index (χ3n) is 8.83. The van der Waals surface area contributed by atoms with Crippen LogP contribution in [-0.2, 0) is 6.18 Å². The van der Waals surface area contributed by atoms with E-state index >= 15 is 0 Å². The van der Waals surface area contributed by atoms with Crippen molar-refractivity contribution < 1.29 is 22.8 Å². The molecule has 4 nitrogen and oxygen atoms in total. The van der Waals surface area contributed by atoms with Crippen LogP contribution in [0.3, 0.4) is 0 Å². The Morgan fingerprint density at radius 1 is 0.553 bits per heavy atom. The Labute approximate surface area is 267 Å². The Hall–Kier alpha value is -5.95. The average Bonchev–Trinajstić information content (AvgIpc) is 3.55. The smallest absolute Gasteiger partial charge is 0.308 e. The molecular weight excluding hydrogens is 597 g/mol. The minimum absolute atomic E-state index is 0.0662. The van der Waals surface area contributed by atoms with E-state index in [0.717, 1.165) is 33.5 Å². The van der Waals surface area contributed by atoms with Gasteiger partial charge in [0.25, 0.3) is 11.8 Å². The number of carbonyl (C=O) groups is 2. The Balaban J connectivity index is 1.30. The van der Waals surface area contributed by atoms with E-state index in [0.29, 0.717) is 28.0 Å². The number of anilines is 1. The van der Waals surface area contributed by atoms with E-state index in [1.165, 1.54) is 11.0 Å². The molecule has 0 saturated carbocycles. The number of amides is 2. The van der Waals surface area contributed by atoms with Crippen LogP contribution >= 0.6 is 0 Å². The number of fused-ring (bicyclic) bond motifs is 4. The molecule has 0 spiro atoms. The van der Waals surface area contributed by atoms with Crippen LogP contribution in [0.15, 0.2) is 133 Å². The van der Waals surface area contributed by atoms with Gasteiger partial charge in [-0.3, -0.25) is 9.59 Å². The highest BCUT2D eigenvalue weighted by molar-refractivity contribution is 6.35. The molecule has 47 heavy (non-hydrogen) atoms. The molecule has 0 fully saturated rings. The maximum absolute atomic E-state index is 14.2. The van der Waals surface area contributed by atoms with E-state index in [2.05, 4.69) is 0 Å². The summed E-state index contributed by atoms with van der Waals surface area (Å²) in [6.07, 6.45) is -4.54. The zero-order valence-electron chi connectivity index (χ0n) is 25.0. The fraction of sp³-hybridized carbons (Fsp3) is 0.0500. The number of alkyl halides is 3. The third-order valence-corrected chi connectivity index (χ3v) is 8.83. The Morgan fingerprint density at radius 3 is 2.00 bits per heavy atom. The lowest BCUT2D eigenvalue weighted by Gasteiger charge is -2.16. The van der Waals surface area contributed by atoms with E-state index in [4.69, 9.17) is 0 Å². The summed E-state index contributed by atoms with van der Waals surface area (Å²) < 4.78 is 44.4. The van der Waals surface area contributed by atoms with Crippen LogP contribution in [0.5, 0.6) is 0 Å². The number of aromatic nitrogens is 1. The molecule has 0 saturated heterocycles. The molecule has 0 unspecified atom stereocenters. The minimum Gasteiger partial charge on any atom is -0.308 e. The molecule has 0 radical (unpaired) electrons. The summed E-state index contributed by atoms with van der Waals surface area (Å²) in [5, 5.41) is 1.68. The second-order valence-corrected chi connectivity index (χ2v) is 11.7. The number of carbonyl (C=O) groups excluding carboxylic acids is 2. The summed E-state index contributed by atoms with van der Waals surface area (Å²) in [5.41, 5.74) is 5.04. The molecule has 7 aromatic rings. The molecule has 1 aliphatic heterocycles. The van der Waals surface area contributed by atoms with Crippen LogP contribution < -0.4 is 4.90 Å².